The van der Waals surface area contributed by atoms with Gasteiger partial charge in [0, 0.05) is 5.56 Å². The maximum Gasteiger partial charge on any atom is 0.387 e. The van der Waals surface area contributed by atoms with Crippen LogP contribution >= 0.6 is 11.6 Å². The van der Waals surface area contributed by atoms with Gasteiger partial charge in [-0.15, -0.1) is 4.83 Å². The van der Waals surface area contributed by atoms with Crippen molar-refractivity contribution in [1.82, 2.24) is 10.3 Å². The lowest BCUT2D eigenvalue weighted by Crippen LogP contribution is -2.41. The van der Waals surface area contributed by atoms with Gasteiger partial charge in [0.05, 0.1) is 23.6 Å². The Morgan fingerprint density at radius 3 is 2.38 bits per heavy atom. The van der Waals surface area contributed by atoms with Crippen molar-refractivity contribution in [2.75, 3.05) is 13.7 Å². The second-order valence-corrected chi connectivity index (χ2v) is 9.02. The summed E-state index contributed by atoms with van der Waals surface area (Å²) in [6, 6.07) is 7.30. The van der Waals surface area contributed by atoms with Crippen molar-refractivity contribution in [3.05, 3.63) is 47.0 Å². The van der Waals surface area contributed by atoms with Gasteiger partial charge >= 0.3 is 6.61 Å². The number of carbonyl (C=O) groups is 1. The molecule has 32 heavy (non-hydrogen) atoms. The lowest BCUT2D eigenvalue weighted by Gasteiger charge is -2.14. The van der Waals surface area contributed by atoms with Gasteiger partial charge in [-0.1, -0.05) is 25.4 Å². The molecule has 12 heteroatoms. The number of ether oxygens (including phenoxy) is 3. The topological polar surface area (TPSA) is 103 Å². The number of hydrogen-bond donors (Lipinski definition) is 2. The molecule has 8 nitrogen and oxygen atoms in total. The van der Waals surface area contributed by atoms with Gasteiger partial charge in [0.15, 0.2) is 11.5 Å². The molecule has 0 bridgehead atoms. The third-order valence-electron chi connectivity index (χ3n) is 4.11. The number of sulfonamides is 1. The molecule has 0 aromatic heterocycles. The van der Waals surface area contributed by atoms with Gasteiger partial charge in [-0.2, -0.15) is 8.78 Å². The first-order valence-electron chi connectivity index (χ1n) is 9.41. The molecule has 2 N–H and O–H groups in total. The van der Waals surface area contributed by atoms with Crippen LogP contribution < -0.4 is 24.5 Å². The van der Waals surface area contributed by atoms with E-state index in [1.165, 1.54) is 19.2 Å². The van der Waals surface area contributed by atoms with Crippen molar-refractivity contribution in [2.45, 2.75) is 31.8 Å². The van der Waals surface area contributed by atoms with Gasteiger partial charge in [0.25, 0.3) is 15.9 Å². The number of rotatable bonds is 11. The highest BCUT2D eigenvalue weighted by Gasteiger charge is 2.19. The van der Waals surface area contributed by atoms with Crippen LogP contribution in [-0.4, -0.2) is 34.7 Å². The molecule has 0 aliphatic carbocycles. The SMILES string of the molecule is COc1cc(C(=O)NNS(=O)(=O)c2ccc(OC(F)F)c(Cl)c2)ccc1OCCC(C)C. The maximum atomic E-state index is 12.4. The van der Waals surface area contributed by atoms with E-state index in [2.05, 4.69) is 24.0 Å². The molecule has 0 spiro atoms. The normalized spacial score (nSPS) is 11.5. The van der Waals surface area contributed by atoms with Crippen LogP contribution in [0, 0.1) is 5.92 Å². The number of hydrogen-bond acceptors (Lipinski definition) is 6. The Kier molecular flexibility index (Phi) is 9.05. The molecule has 2 aromatic rings. The predicted molar refractivity (Wildman–Crippen MR) is 114 cm³/mol. The van der Waals surface area contributed by atoms with Crippen molar-refractivity contribution >= 4 is 27.5 Å². The van der Waals surface area contributed by atoms with Crippen LogP contribution in [0.5, 0.6) is 17.2 Å². The minimum Gasteiger partial charge on any atom is -0.493 e. The fourth-order valence-electron chi connectivity index (χ4n) is 2.42. The van der Waals surface area contributed by atoms with Crippen molar-refractivity contribution in [3.8, 4) is 17.2 Å². The van der Waals surface area contributed by atoms with Crippen molar-refractivity contribution < 1.29 is 36.2 Å². The molecule has 0 unspecified atom stereocenters. The monoisotopic (exact) mass is 492 g/mol. The summed E-state index contributed by atoms with van der Waals surface area (Å²) in [5.74, 6) is 0.0792. The summed E-state index contributed by atoms with van der Waals surface area (Å²) in [6.07, 6.45) is 0.840. The van der Waals surface area contributed by atoms with E-state index < -0.39 is 22.5 Å². The Morgan fingerprint density at radius 2 is 1.78 bits per heavy atom. The van der Waals surface area contributed by atoms with Crippen LogP contribution in [0.15, 0.2) is 41.3 Å². The Morgan fingerprint density at radius 1 is 1.09 bits per heavy atom. The molecule has 1 amide bonds. The Hall–Kier alpha value is -2.63. The summed E-state index contributed by atoms with van der Waals surface area (Å²) in [7, 11) is -2.82. The van der Waals surface area contributed by atoms with Gasteiger partial charge in [0.1, 0.15) is 5.75 Å². The molecule has 0 radical (unpaired) electrons. The summed E-state index contributed by atoms with van der Waals surface area (Å²) >= 11 is 5.78. The minimum atomic E-state index is -4.24. The van der Waals surface area contributed by atoms with E-state index in [1.54, 1.807) is 6.07 Å². The van der Waals surface area contributed by atoms with E-state index in [9.17, 15) is 22.0 Å². The highest BCUT2D eigenvalue weighted by atomic mass is 35.5. The van der Waals surface area contributed by atoms with Crippen LogP contribution in [-0.2, 0) is 10.0 Å². The first kappa shape index (κ1) is 25.6. The van der Waals surface area contributed by atoms with E-state index in [-0.39, 0.29) is 21.2 Å². The Balaban J connectivity index is 2.06. The van der Waals surface area contributed by atoms with Crippen LogP contribution in [0.3, 0.4) is 0 Å². The molecule has 0 fully saturated rings. The summed E-state index contributed by atoms with van der Waals surface area (Å²) in [6.45, 7) is 1.49. The molecular weight excluding hydrogens is 470 g/mol. The summed E-state index contributed by atoms with van der Waals surface area (Å²) < 4.78 is 64.4. The number of benzene rings is 2. The minimum absolute atomic E-state index is 0.111. The summed E-state index contributed by atoms with van der Waals surface area (Å²) in [5.41, 5.74) is 2.18. The highest BCUT2D eigenvalue weighted by Crippen LogP contribution is 2.29. The van der Waals surface area contributed by atoms with Crippen LogP contribution in [0.2, 0.25) is 5.02 Å². The van der Waals surface area contributed by atoms with Crippen molar-refractivity contribution in [3.63, 3.8) is 0 Å². The molecule has 2 aromatic carbocycles. The zero-order valence-electron chi connectivity index (χ0n) is 17.5. The van der Waals surface area contributed by atoms with Crippen LogP contribution in [0.4, 0.5) is 8.78 Å². The highest BCUT2D eigenvalue weighted by molar-refractivity contribution is 7.89. The molecule has 0 aliphatic heterocycles. The Labute approximate surface area is 189 Å². The van der Waals surface area contributed by atoms with E-state index in [0.717, 1.165) is 24.6 Å². The number of hydrazine groups is 1. The van der Waals surface area contributed by atoms with Gasteiger partial charge in [-0.05, 0) is 48.7 Å². The van der Waals surface area contributed by atoms with E-state index in [1.807, 2.05) is 4.83 Å². The lowest BCUT2D eigenvalue weighted by molar-refractivity contribution is -0.0498. The standard InChI is InChI=1S/C20H23ClF2N2O6S/c1-12(2)8-9-30-17-6-4-13(10-18(17)29-3)19(26)24-25-32(27,28)14-5-7-16(15(21)11-14)31-20(22)23/h4-7,10-12,20,25H,8-9H2,1-3H3,(H,24,26). The number of methoxy groups -OCH3 is 1. The zero-order valence-corrected chi connectivity index (χ0v) is 19.1. The fourth-order valence-corrected chi connectivity index (χ4v) is 3.57. The molecule has 0 saturated carbocycles. The van der Waals surface area contributed by atoms with Gasteiger partial charge in [-0.3, -0.25) is 10.2 Å². The zero-order chi connectivity index (χ0) is 23.9. The van der Waals surface area contributed by atoms with E-state index in [0.29, 0.717) is 24.0 Å². The van der Waals surface area contributed by atoms with Crippen molar-refractivity contribution in [2.24, 2.45) is 5.92 Å². The Bertz CT molecular complexity index is 1050. The first-order chi connectivity index (χ1) is 15.0. The number of halogens is 3. The van der Waals surface area contributed by atoms with Gasteiger partial charge in [0.2, 0.25) is 0 Å². The molecule has 2 rings (SSSR count). The molecule has 176 valence electrons. The third-order valence-corrected chi connectivity index (χ3v) is 5.65. The average molecular weight is 493 g/mol. The molecule has 0 aliphatic rings. The number of alkyl halides is 2. The molecule has 0 heterocycles. The smallest absolute Gasteiger partial charge is 0.387 e. The maximum absolute atomic E-state index is 12.4. The molecular formula is C20H23ClF2N2O6S. The molecule has 0 saturated heterocycles. The van der Waals surface area contributed by atoms with E-state index >= 15 is 0 Å². The second-order valence-electron chi connectivity index (χ2n) is 6.93. The number of nitrogens with one attached hydrogen (secondary N) is 2. The third kappa shape index (κ3) is 7.21. The summed E-state index contributed by atoms with van der Waals surface area (Å²) in [5, 5.41) is -0.336. The number of carbonyl (C=O) groups excluding carboxylic acids is 1. The van der Waals surface area contributed by atoms with Crippen LogP contribution in [0.1, 0.15) is 30.6 Å². The van der Waals surface area contributed by atoms with E-state index in [4.69, 9.17) is 21.1 Å². The molecule has 0 atom stereocenters. The number of amides is 1. The van der Waals surface area contributed by atoms with Crippen molar-refractivity contribution in [1.29, 1.82) is 0 Å². The lowest BCUT2D eigenvalue weighted by atomic mass is 10.1. The quantitative estimate of drug-likeness (QED) is 0.460. The van der Waals surface area contributed by atoms with Crippen LogP contribution in [0.25, 0.3) is 0 Å². The predicted octanol–water partition coefficient (Wildman–Crippen LogP) is 4.00. The largest absolute Gasteiger partial charge is 0.493 e. The summed E-state index contributed by atoms with van der Waals surface area (Å²) in [4.78, 5) is 13.9. The average Bonchev–Trinajstić information content (AvgIpc) is 2.73. The second kappa shape index (κ2) is 11.3. The first-order valence-corrected chi connectivity index (χ1v) is 11.3. The van der Waals surface area contributed by atoms with Gasteiger partial charge < -0.3 is 14.2 Å². The fraction of sp³-hybridized carbons (Fsp3) is 0.350. The van der Waals surface area contributed by atoms with Gasteiger partial charge in [-0.25, -0.2) is 8.42 Å².